The lowest BCUT2D eigenvalue weighted by Gasteiger charge is -2.18. The molecular formula is C16H17FN2O2. The van der Waals surface area contributed by atoms with Crippen LogP contribution in [0.4, 0.5) is 10.1 Å². The zero-order chi connectivity index (χ0) is 15.2. The molecule has 0 saturated carbocycles. The third-order valence-corrected chi connectivity index (χ3v) is 3.39. The van der Waals surface area contributed by atoms with E-state index in [2.05, 4.69) is 5.32 Å². The summed E-state index contributed by atoms with van der Waals surface area (Å²) >= 11 is 0. The quantitative estimate of drug-likeness (QED) is 0.646. The maximum atomic E-state index is 13.8. The molecule has 1 N–H and O–H groups in total. The zero-order valence-corrected chi connectivity index (χ0v) is 11.8. The second-order valence-corrected chi connectivity index (χ2v) is 4.79. The van der Waals surface area contributed by atoms with E-state index < -0.39 is 4.92 Å². The molecule has 4 nitrogen and oxygen atoms in total. The molecule has 0 saturated heterocycles. The minimum absolute atomic E-state index is 0.0693. The first-order valence-corrected chi connectivity index (χ1v) is 6.83. The number of nitrogens with one attached hydrogen (secondary N) is 1. The second kappa shape index (κ2) is 6.95. The lowest BCUT2D eigenvalue weighted by Crippen LogP contribution is -2.21. The normalized spacial score (nSPS) is 12.1. The highest BCUT2D eigenvalue weighted by atomic mass is 19.1. The lowest BCUT2D eigenvalue weighted by atomic mass is 10.0. The summed E-state index contributed by atoms with van der Waals surface area (Å²) < 4.78 is 13.8. The van der Waals surface area contributed by atoms with Crippen LogP contribution in [0.3, 0.4) is 0 Å². The number of halogens is 1. The van der Waals surface area contributed by atoms with Gasteiger partial charge in [0.15, 0.2) is 0 Å². The van der Waals surface area contributed by atoms with Gasteiger partial charge in [-0.1, -0.05) is 37.3 Å². The summed E-state index contributed by atoms with van der Waals surface area (Å²) in [5, 5.41) is 13.9. The molecule has 1 atom stereocenters. The molecule has 0 spiro atoms. The van der Waals surface area contributed by atoms with Crippen molar-refractivity contribution < 1.29 is 9.31 Å². The third kappa shape index (κ3) is 3.86. The summed E-state index contributed by atoms with van der Waals surface area (Å²) in [5.74, 6) is -0.222. The molecule has 2 aromatic carbocycles. The number of non-ortho nitro benzene ring substituents is 1. The van der Waals surface area contributed by atoms with Crippen LogP contribution in [0.25, 0.3) is 0 Å². The highest BCUT2D eigenvalue weighted by Crippen LogP contribution is 2.20. The van der Waals surface area contributed by atoms with Gasteiger partial charge in [-0.2, -0.15) is 0 Å². The molecule has 0 radical (unpaired) electrons. The van der Waals surface area contributed by atoms with Crippen molar-refractivity contribution in [1.82, 2.24) is 5.32 Å². The Hall–Kier alpha value is -2.27. The largest absolute Gasteiger partial charge is 0.306 e. The van der Waals surface area contributed by atoms with Crippen LogP contribution in [0.2, 0.25) is 0 Å². The first-order valence-electron chi connectivity index (χ1n) is 6.83. The fraction of sp³-hybridized carbons (Fsp3) is 0.250. The summed E-state index contributed by atoms with van der Waals surface area (Å²) in [5.41, 5.74) is 1.64. The molecule has 0 amide bonds. The van der Waals surface area contributed by atoms with Crippen LogP contribution in [0.5, 0.6) is 0 Å². The van der Waals surface area contributed by atoms with Crippen molar-refractivity contribution >= 4 is 5.69 Å². The van der Waals surface area contributed by atoms with Gasteiger partial charge in [0, 0.05) is 30.3 Å². The maximum Gasteiger partial charge on any atom is 0.269 e. The minimum atomic E-state index is -0.425. The van der Waals surface area contributed by atoms with Crippen LogP contribution in [0.1, 0.15) is 30.5 Å². The summed E-state index contributed by atoms with van der Waals surface area (Å²) in [4.78, 5) is 10.2. The average Bonchev–Trinajstić information content (AvgIpc) is 2.50. The third-order valence-electron chi connectivity index (χ3n) is 3.39. The Morgan fingerprint density at radius 1 is 1.19 bits per heavy atom. The van der Waals surface area contributed by atoms with Crippen molar-refractivity contribution in [3.63, 3.8) is 0 Å². The lowest BCUT2D eigenvalue weighted by molar-refractivity contribution is -0.384. The fourth-order valence-corrected chi connectivity index (χ4v) is 2.21. The number of benzene rings is 2. The molecule has 0 aliphatic heterocycles. The van der Waals surface area contributed by atoms with Crippen LogP contribution >= 0.6 is 0 Å². The number of nitrogens with zero attached hydrogens (tertiary/aromatic N) is 1. The summed E-state index contributed by atoms with van der Waals surface area (Å²) in [6.45, 7) is 2.52. The van der Waals surface area contributed by atoms with Gasteiger partial charge < -0.3 is 5.32 Å². The number of rotatable bonds is 6. The van der Waals surface area contributed by atoms with Gasteiger partial charge in [0.2, 0.25) is 0 Å². The Morgan fingerprint density at radius 2 is 1.86 bits per heavy atom. The number of nitro groups is 1. The van der Waals surface area contributed by atoms with E-state index in [1.165, 1.54) is 18.2 Å². The predicted molar refractivity (Wildman–Crippen MR) is 79.4 cm³/mol. The number of hydrogen-bond acceptors (Lipinski definition) is 3. The number of hydrogen-bond donors (Lipinski definition) is 1. The van der Waals surface area contributed by atoms with Crippen LogP contribution in [0, 0.1) is 15.9 Å². The molecule has 5 heteroatoms. The van der Waals surface area contributed by atoms with E-state index in [9.17, 15) is 14.5 Å². The summed E-state index contributed by atoms with van der Waals surface area (Å²) in [6, 6.07) is 13.0. The van der Waals surface area contributed by atoms with Gasteiger partial charge in [0.1, 0.15) is 5.82 Å². The second-order valence-electron chi connectivity index (χ2n) is 4.79. The first-order chi connectivity index (χ1) is 10.1. The van der Waals surface area contributed by atoms with Gasteiger partial charge in [-0.3, -0.25) is 10.1 Å². The predicted octanol–water partition coefficient (Wildman–Crippen LogP) is 3.97. The van der Waals surface area contributed by atoms with E-state index >= 15 is 0 Å². The molecule has 0 bridgehead atoms. The zero-order valence-electron chi connectivity index (χ0n) is 11.8. The molecular weight excluding hydrogens is 271 g/mol. The first kappa shape index (κ1) is 15.1. The van der Waals surface area contributed by atoms with Gasteiger partial charge >= 0.3 is 0 Å². The molecule has 0 aliphatic rings. The molecule has 110 valence electrons. The molecule has 0 heterocycles. The molecule has 2 rings (SSSR count). The van der Waals surface area contributed by atoms with Gasteiger partial charge in [0.25, 0.3) is 5.69 Å². The van der Waals surface area contributed by atoms with Crippen LogP contribution in [-0.2, 0) is 6.54 Å². The Bertz CT molecular complexity index is 614. The van der Waals surface area contributed by atoms with Crippen molar-refractivity contribution in [2.24, 2.45) is 0 Å². The van der Waals surface area contributed by atoms with Crippen molar-refractivity contribution in [3.05, 3.63) is 75.6 Å². The van der Waals surface area contributed by atoms with Crippen molar-refractivity contribution in [2.45, 2.75) is 25.9 Å². The standard InChI is InChI=1S/C16H17FN2O2/c1-2-16(14-5-3-4-6-15(14)17)18-11-12-7-9-13(10-8-12)19(20)21/h3-10,16,18H,2,11H2,1H3. The Labute approximate surface area is 122 Å². The molecule has 0 aromatic heterocycles. The van der Waals surface area contributed by atoms with Crippen molar-refractivity contribution in [2.75, 3.05) is 0 Å². The molecule has 1 unspecified atom stereocenters. The molecule has 0 aliphatic carbocycles. The number of nitro benzene ring substituents is 1. The van der Waals surface area contributed by atoms with Crippen LogP contribution in [0.15, 0.2) is 48.5 Å². The highest BCUT2D eigenvalue weighted by molar-refractivity contribution is 5.33. The maximum absolute atomic E-state index is 13.8. The SMILES string of the molecule is CCC(NCc1ccc([N+](=O)[O-])cc1)c1ccccc1F. The fourth-order valence-electron chi connectivity index (χ4n) is 2.21. The Morgan fingerprint density at radius 3 is 2.43 bits per heavy atom. The van der Waals surface area contributed by atoms with Gasteiger partial charge in [-0.15, -0.1) is 0 Å². The van der Waals surface area contributed by atoms with E-state index in [0.29, 0.717) is 12.1 Å². The van der Waals surface area contributed by atoms with E-state index in [0.717, 1.165) is 12.0 Å². The minimum Gasteiger partial charge on any atom is -0.306 e. The summed E-state index contributed by atoms with van der Waals surface area (Å²) in [6.07, 6.45) is 0.758. The van der Waals surface area contributed by atoms with Crippen LogP contribution < -0.4 is 5.32 Å². The summed E-state index contributed by atoms with van der Waals surface area (Å²) in [7, 11) is 0. The van der Waals surface area contributed by atoms with Gasteiger partial charge in [-0.25, -0.2) is 4.39 Å². The Kier molecular flexibility index (Phi) is 5.00. The average molecular weight is 288 g/mol. The van der Waals surface area contributed by atoms with Crippen molar-refractivity contribution in [1.29, 1.82) is 0 Å². The topological polar surface area (TPSA) is 55.2 Å². The van der Waals surface area contributed by atoms with E-state index in [-0.39, 0.29) is 17.5 Å². The molecule has 2 aromatic rings. The van der Waals surface area contributed by atoms with E-state index in [1.807, 2.05) is 13.0 Å². The van der Waals surface area contributed by atoms with E-state index in [1.54, 1.807) is 24.3 Å². The monoisotopic (exact) mass is 288 g/mol. The highest BCUT2D eigenvalue weighted by Gasteiger charge is 2.13. The Balaban J connectivity index is 2.03. The van der Waals surface area contributed by atoms with Crippen LogP contribution in [-0.4, -0.2) is 4.92 Å². The van der Waals surface area contributed by atoms with E-state index in [4.69, 9.17) is 0 Å². The smallest absolute Gasteiger partial charge is 0.269 e. The molecule has 0 fully saturated rings. The van der Waals surface area contributed by atoms with Gasteiger partial charge in [-0.05, 0) is 18.1 Å². The molecule has 21 heavy (non-hydrogen) atoms. The van der Waals surface area contributed by atoms with Gasteiger partial charge in [0.05, 0.1) is 4.92 Å². The van der Waals surface area contributed by atoms with Crippen molar-refractivity contribution in [3.8, 4) is 0 Å².